The van der Waals surface area contributed by atoms with Crippen molar-refractivity contribution in [1.82, 2.24) is 9.97 Å². The van der Waals surface area contributed by atoms with Crippen molar-refractivity contribution in [3.05, 3.63) is 53.5 Å². The number of pyridine rings is 2. The summed E-state index contributed by atoms with van der Waals surface area (Å²) in [5.74, 6) is -1.56. The number of rotatable bonds is 2. The number of nitrogens with zero attached hydrogens (tertiary/aromatic N) is 2. The lowest BCUT2D eigenvalue weighted by atomic mass is 10.1. The van der Waals surface area contributed by atoms with Gasteiger partial charge < -0.3 is 5.32 Å². The van der Waals surface area contributed by atoms with Crippen molar-refractivity contribution < 1.29 is 31.1 Å². The zero-order chi connectivity index (χ0) is 17.3. The molecular formula is C13H7F6N3O. The predicted octanol–water partition coefficient (Wildman–Crippen LogP) is 3.77. The topological polar surface area (TPSA) is 54.9 Å². The minimum Gasteiger partial charge on any atom is -0.305 e. The standard InChI is InChI=1S/C13H7F6N3O/c14-12(15,16)7-3-4-9(21-6-7)22-11(23)10-8(13(17,18)19)2-1-5-20-10/h1-6H,(H,21,22,23). The van der Waals surface area contributed by atoms with Gasteiger partial charge in [-0.05, 0) is 24.3 Å². The van der Waals surface area contributed by atoms with E-state index in [9.17, 15) is 31.1 Å². The van der Waals surface area contributed by atoms with Gasteiger partial charge in [-0.15, -0.1) is 0 Å². The minimum atomic E-state index is -4.80. The first-order valence-corrected chi connectivity index (χ1v) is 5.96. The first-order chi connectivity index (χ1) is 10.6. The molecule has 0 aliphatic carbocycles. The molecular weight excluding hydrogens is 328 g/mol. The van der Waals surface area contributed by atoms with Crippen molar-refractivity contribution in [2.45, 2.75) is 12.4 Å². The molecule has 0 atom stereocenters. The van der Waals surface area contributed by atoms with Crippen molar-refractivity contribution in [1.29, 1.82) is 0 Å². The van der Waals surface area contributed by atoms with Crippen LogP contribution in [-0.2, 0) is 12.4 Å². The second kappa shape index (κ2) is 5.86. The average molecular weight is 335 g/mol. The average Bonchev–Trinajstić information content (AvgIpc) is 2.46. The SMILES string of the molecule is O=C(Nc1ccc(C(F)(F)F)cn1)c1ncccc1C(F)(F)F. The van der Waals surface area contributed by atoms with E-state index < -0.39 is 35.1 Å². The number of nitrogens with one attached hydrogen (secondary N) is 1. The number of aromatic nitrogens is 2. The molecule has 1 N–H and O–H groups in total. The monoisotopic (exact) mass is 335 g/mol. The van der Waals surface area contributed by atoms with E-state index in [0.29, 0.717) is 18.3 Å². The Kier molecular flexibility index (Phi) is 4.26. The molecule has 2 rings (SSSR count). The highest BCUT2D eigenvalue weighted by atomic mass is 19.4. The fourth-order valence-electron chi connectivity index (χ4n) is 1.63. The molecule has 2 aromatic rings. The quantitative estimate of drug-likeness (QED) is 0.850. The van der Waals surface area contributed by atoms with Gasteiger partial charge >= 0.3 is 12.4 Å². The maximum absolute atomic E-state index is 12.8. The number of hydrogen-bond acceptors (Lipinski definition) is 3. The first-order valence-electron chi connectivity index (χ1n) is 5.96. The van der Waals surface area contributed by atoms with Gasteiger partial charge in [0.1, 0.15) is 11.5 Å². The van der Waals surface area contributed by atoms with Crippen molar-refractivity contribution >= 4 is 11.7 Å². The van der Waals surface area contributed by atoms with Crippen LogP contribution >= 0.6 is 0 Å². The van der Waals surface area contributed by atoms with Crippen LogP contribution in [0.2, 0.25) is 0 Å². The van der Waals surface area contributed by atoms with Gasteiger partial charge in [-0.3, -0.25) is 9.78 Å². The molecule has 0 aromatic carbocycles. The van der Waals surface area contributed by atoms with Crippen molar-refractivity contribution in [2.24, 2.45) is 0 Å². The maximum Gasteiger partial charge on any atom is 0.418 e. The van der Waals surface area contributed by atoms with Gasteiger partial charge in [0.25, 0.3) is 5.91 Å². The summed E-state index contributed by atoms with van der Waals surface area (Å²) in [5, 5.41) is 1.97. The smallest absolute Gasteiger partial charge is 0.305 e. The highest BCUT2D eigenvalue weighted by Crippen LogP contribution is 2.31. The zero-order valence-corrected chi connectivity index (χ0v) is 11.0. The van der Waals surface area contributed by atoms with Gasteiger partial charge in [-0.1, -0.05) is 0 Å². The molecule has 0 saturated heterocycles. The summed E-state index contributed by atoms with van der Waals surface area (Å²) in [7, 11) is 0. The van der Waals surface area contributed by atoms with E-state index in [1.165, 1.54) is 0 Å². The molecule has 10 heteroatoms. The molecule has 0 radical (unpaired) electrons. The molecule has 2 heterocycles. The van der Waals surface area contributed by atoms with E-state index in [1.807, 2.05) is 5.32 Å². The number of hydrogen-bond donors (Lipinski definition) is 1. The Bertz CT molecular complexity index is 709. The lowest BCUT2D eigenvalue weighted by Crippen LogP contribution is -2.20. The summed E-state index contributed by atoms with van der Waals surface area (Å²) in [6.07, 6.45) is -7.96. The van der Waals surface area contributed by atoms with E-state index in [2.05, 4.69) is 9.97 Å². The lowest BCUT2D eigenvalue weighted by molar-refractivity contribution is -0.138. The molecule has 2 aromatic heterocycles. The fraction of sp³-hybridized carbons (Fsp3) is 0.154. The highest BCUT2D eigenvalue weighted by molar-refractivity contribution is 6.03. The normalized spacial score (nSPS) is 12.1. The van der Waals surface area contributed by atoms with Crippen LogP contribution in [0, 0.1) is 0 Å². The maximum atomic E-state index is 12.8. The van der Waals surface area contributed by atoms with Gasteiger partial charge in [0, 0.05) is 12.4 Å². The van der Waals surface area contributed by atoms with E-state index >= 15 is 0 Å². The van der Waals surface area contributed by atoms with Crippen molar-refractivity contribution in [3.8, 4) is 0 Å². The van der Waals surface area contributed by atoms with E-state index in [-0.39, 0.29) is 5.82 Å². The summed E-state index contributed by atoms with van der Waals surface area (Å²) < 4.78 is 75.4. The third-order valence-electron chi connectivity index (χ3n) is 2.66. The predicted molar refractivity (Wildman–Crippen MR) is 66.4 cm³/mol. The van der Waals surface area contributed by atoms with Crippen LogP contribution in [0.3, 0.4) is 0 Å². The Morgan fingerprint density at radius 1 is 0.957 bits per heavy atom. The number of carbonyl (C=O) groups excluding carboxylic acids is 1. The molecule has 0 bridgehead atoms. The fourth-order valence-corrected chi connectivity index (χ4v) is 1.63. The first kappa shape index (κ1) is 16.7. The van der Waals surface area contributed by atoms with Crippen LogP contribution in [0.15, 0.2) is 36.7 Å². The minimum absolute atomic E-state index is 0.332. The molecule has 122 valence electrons. The molecule has 0 aliphatic rings. The van der Waals surface area contributed by atoms with E-state index in [1.54, 1.807) is 0 Å². The molecule has 0 saturated carbocycles. The van der Waals surface area contributed by atoms with Crippen LogP contribution in [0.25, 0.3) is 0 Å². The van der Waals surface area contributed by atoms with Crippen LogP contribution in [-0.4, -0.2) is 15.9 Å². The Hall–Kier alpha value is -2.65. The number of anilines is 1. The van der Waals surface area contributed by atoms with Gasteiger partial charge in [-0.25, -0.2) is 4.98 Å². The number of halogens is 6. The second-order valence-electron chi connectivity index (χ2n) is 4.28. The number of alkyl halides is 6. The Balaban J connectivity index is 2.24. The van der Waals surface area contributed by atoms with E-state index in [4.69, 9.17) is 0 Å². The van der Waals surface area contributed by atoms with Crippen molar-refractivity contribution in [2.75, 3.05) is 5.32 Å². The molecule has 0 unspecified atom stereocenters. The third kappa shape index (κ3) is 3.96. The second-order valence-corrected chi connectivity index (χ2v) is 4.28. The number of amides is 1. The van der Waals surface area contributed by atoms with Crippen molar-refractivity contribution in [3.63, 3.8) is 0 Å². The molecule has 0 spiro atoms. The lowest BCUT2D eigenvalue weighted by Gasteiger charge is -2.11. The summed E-state index contributed by atoms with van der Waals surface area (Å²) in [6.45, 7) is 0. The van der Waals surface area contributed by atoms with Crippen LogP contribution in [0.4, 0.5) is 32.2 Å². The molecule has 0 fully saturated rings. The van der Waals surface area contributed by atoms with Gasteiger partial charge in [0.2, 0.25) is 0 Å². The van der Waals surface area contributed by atoms with Crippen LogP contribution in [0.5, 0.6) is 0 Å². The summed E-state index contributed by atoms with van der Waals surface area (Å²) in [4.78, 5) is 18.5. The number of carbonyl (C=O) groups is 1. The molecule has 0 aliphatic heterocycles. The molecule has 1 amide bonds. The zero-order valence-electron chi connectivity index (χ0n) is 11.0. The van der Waals surface area contributed by atoms with E-state index in [0.717, 1.165) is 18.3 Å². The van der Waals surface area contributed by atoms with Crippen LogP contribution < -0.4 is 5.32 Å². The van der Waals surface area contributed by atoms with Gasteiger partial charge in [-0.2, -0.15) is 26.3 Å². The highest BCUT2D eigenvalue weighted by Gasteiger charge is 2.36. The third-order valence-corrected chi connectivity index (χ3v) is 2.66. The molecule has 23 heavy (non-hydrogen) atoms. The van der Waals surface area contributed by atoms with Gasteiger partial charge in [0.05, 0.1) is 11.1 Å². The molecule has 4 nitrogen and oxygen atoms in total. The van der Waals surface area contributed by atoms with Crippen LogP contribution in [0.1, 0.15) is 21.6 Å². The summed E-state index contributed by atoms with van der Waals surface area (Å²) >= 11 is 0. The largest absolute Gasteiger partial charge is 0.418 e. The Labute approximate surface area is 125 Å². The summed E-state index contributed by atoms with van der Waals surface area (Å²) in [6, 6.07) is 3.15. The summed E-state index contributed by atoms with van der Waals surface area (Å²) in [5.41, 5.74) is -3.21. The Morgan fingerprint density at radius 2 is 1.65 bits per heavy atom. The Morgan fingerprint density at radius 3 is 2.17 bits per heavy atom. The van der Waals surface area contributed by atoms with Gasteiger partial charge in [0.15, 0.2) is 0 Å².